The molecule has 0 bridgehead atoms. The van der Waals surface area contributed by atoms with Crippen molar-refractivity contribution in [2.75, 3.05) is 20.3 Å². The van der Waals surface area contributed by atoms with Crippen LogP contribution in [0.3, 0.4) is 0 Å². The van der Waals surface area contributed by atoms with Crippen LogP contribution in [-0.2, 0) is 14.3 Å². The maximum Gasteiger partial charge on any atom is 0.407 e. The van der Waals surface area contributed by atoms with Crippen LogP contribution in [0.25, 0.3) is 11.1 Å². The molecule has 0 aliphatic heterocycles. The molecule has 0 unspecified atom stereocenters. The first-order valence-electron chi connectivity index (χ1n) is 11.3. The zero-order valence-corrected chi connectivity index (χ0v) is 19.4. The Labute approximate surface area is 204 Å². The number of alkyl carbamates (subject to hydrolysis) is 1. The Morgan fingerprint density at radius 1 is 0.857 bits per heavy atom. The Balaban J connectivity index is 1.25. The lowest BCUT2D eigenvalue weighted by Crippen LogP contribution is -2.26. The number of nitrogens with one attached hydrogen (secondary N) is 1. The molecule has 176 valence electrons. The lowest BCUT2D eigenvalue weighted by molar-refractivity contribution is -0.140. The molecule has 0 spiro atoms. The molecule has 6 heteroatoms. The summed E-state index contributed by atoms with van der Waals surface area (Å²) < 4.78 is 10.0. The minimum atomic E-state index is -0.521. The molecule has 0 saturated heterocycles. The van der Waals surface area contributed by atoms with E-state index < -0.39 is 12.1 Å². The lowest BCUT2D eigenvalue weighted by Gasteiger charge is -2.14. The summed E-state index contributed by atoms with van der Waals surface area (Å²) >= 11 is 0. The first-order chi connectivity index (χ1) is 17.1. The van der Waals surface area contributed by atoms with E-state index in [1.54, 1.807) is 24.3 Å². The third-order valence-electron chi connectivity index (χ3n) is 5.89. The summed E-state index contributed by atoms with van der Waals surface area (Å²) in [5.41, 5.74) is 5.90. The smallest absolute Gasteiger partial charge is 0.407 e. The van der Waals surface area contributed by atoms with Gasteiger partial charge in [-0.2, -0.15) is 0 Å². The summed E-state index contributed by atoms with van der Waals surface area (Å²) in [4.78, 5) is 35.5. The van der Waals surface area contributed by atoms with Gasteiger partial charge in [0.05, 0.1) is 20.1 Å². The molecule has 1 amide bonds. The Bertz CT molecular complexity index is 1250. The number of carbonyl (C=O) groups is 3. The average Bonchev–Trinajstić information content (AvgIpc) is 3.22. The lowest BCUT2D eigenvalue weighted by atomic mass is 9.98. The number of Topliss-reactive ketones (excluding diaryl/α,β-unsaturated/α-hetero) is 1. The van der Waals surface area contributed by atoms with Gasteiger partial charge in [-0.3, -0.25) is 9.59 Å². The van der Waals surface area contributed by atoms with Crippen LogP contribution in [0.2, 0.25) is 0 Å². The van der Waals surface area contributed by atoms with Gasteiger partial charge in [-0.25, -0.2) is 4.79 Å². The zero-order chi connectivity index (χ0) is 24.6. The van der Waals surface area contributed by atoms with Gasteiger partial charge in [-0.05, 0) is 34.4 Å². The van der Waals surface area contributed by atoms with Crippen LogP contribution >= 0.6 is 0 Å². The second kappa shape index (κ2) is 11.2. The summed E-state index contributed by atoms with van der Waals surface area (Å²) in [5.74, 6) is 5.29. The van der Waals surface area contributed by atoms with E-state index in [2.05, 4.69) is 46.2 Å². The van der Waals surface area contributed by atoms with Gasteiger partial charge in [0.25, 0.3) is 0 Å². The largest absolute Gasteiger partial charge is 0.469 e. The fourth-order valence-electron chi connectivity index (χ4n) is 4.11. The zero-order valence-electron chi connectivity index (χ0n) is 19.4. The number of ketones is 1. The monoisotopic (exact) mass is 467 g/mol. The molecule has 1 N–H and O–H groups in total. The molecule has 6 nitrogen and oxygen atoms in total. The van der Waals surface area contributed by atoms with Crippen molar-refractivity contribution in [2.24, 2.45) is 0 Å². The summed E-state index contributed by atoms with van der Waals surface area (Å²) in [7, 11) is 1.29. The molecule has 0 fully saturated rings. The molecule has 1 aliphatic rings. The summed E-state index contributed by atoms with van der Waals surface area (Å²) in [6, 6.07) is 23.2. The van der Waals surface area contributed by atoms with Crippen LogP contribution in [0, 0.1) is 11.8 Å². The number of methoxy groups -OCH3 is 1. The Morgan fingerprint density at radius 3 is 2.11 bits per heavy atom. The maximum absolute atomic E-state index is 12.2. The molecule has 0 heterocycles. The van der Waals surface area contributed by atoms with E-state index in [1.807, 2.05) is 24.3 Å². The van der Waals surface area contributed by atoms with Gasteiger partial charge in [0.15, 0.2) is 5.78 Å². The van der Waals surface area contributed by atoms with E-state index in [4.69, 9.17) is 4.74 Å². The highest BCUT2D eigenvalue weighted by Crippen LogP contribution is 2.44. The topological polar surface area (TPSA) is 81.7 Å². The second-order valence-electron chi connectivity index (χ2n) is 8.06. The highest BCUT2D eigenvalue weighted by atomic mass is 16.5. The molecule has 0 atom stereocenters. The van der Waals surface area contributed by atoms with E-state index in [1.165, 1.54) is 18.2 Å². The molecule has 3 aromatic carbocycles. The van der Waals surface area contributed by atoms with Gasteiger partial charge < -0.3 is 14.8 Å². The van der Waals surface area contributed by atoms with E-state index in [0.717, 1.165) is 11.1 Å². The molecule has 0 aromatic heterocycles. The quantitative estimate of drug-likeness (QED) is 0.309. The summed E-state index contributed by atoms with van der Waals surface area (Å²) in [6.45, 7) is 0.384. The Hall–Kier alpha value is -4.37. The highest BCUT2D eigenvalue weighted by Gasteiger charge is 2.28. The highest BCUT2D eigenvalue weighted by molar-refractivity contribution is 5.97. The Kier molecular flexibility index (Phi) is 7.59. The standard InChI is InChI=1S/C29H25NO5/c1-34-28(32)17-16-27(31)21-14-12-20(13-15-21)7-6-18-30-29(33)35-19-26-24-10-4-2-8-22(24)23-9-3-5-11-25(23)26/h2-5,8-15,26H,16-19H2,1H3,(H,30,33). The van der Waals surface area contributed by atoms with Crippen molar-refractivity contribution < 1.29 is 23.9 Å². The maximum atomic E-state index is 12.2. The summed E-state index contributed by atoms with van der Waals surface area (Å²) in [5, 5.41) is 2.65. The van der Waals surface area contributed by atoms with Gasteiger partial charge in [-0.15, -0.1) is 0 Å². The van der Waals surface area contributed by atoms with Crippen molar-refractivity contribution in [3.63, 3.8) is 0 Å². The number of carbonyl (C=O) groups excluding carboxylic acids is 3. The predicted molar refractivity (Wildman–Crippen MR) is 132 cm³/mol. The van der Waals surface area contributed by atoms with Crippen LogP contribution in [0.5, 0.6) is 0 Å². The minimum absolute atomic E-state index is 0.00748. The number of rotatable bonds is 7. The molecule has 0 radical (unpaired) electrons. The van der Waals surface area contributed by atoms with Crippen molar-refractivity contribution >= 4 is 17.8 Å². The normalized spacial score (nSPS) is 11.5. The third-order valence-corrected chi connectivity index (χ3v) is 5.89. The fourth-order valence-corrected chi connectivity index (χ4v) is 4.11. The van der Waals surface area contributed by atoms with Crippen molar-refractivity contribution in [1.82, 2.24) is 5.32 Å². The van der Waals surface area contributed by atoms with E-state index >= 15 is 0 Å². The number of amides is 1. The number of fused-ring (bicyclic) bond motifs is 3. The van der Waals surface area contributed by atoms with Crippen molar-refractivity contribution in [1.29, 1.82) is 0 Å². The number of esters is 1. The van der Waals surface area contributed by atoms with Gasteiger partial charge >= 0.3 is 12.1 Å². The van der Waals surface area contributed by atoms with E-state index in [-0.39, 0.29) is 37.7 Å². The number of hydrogen-bond donors (Lipinski definition) is 1. The minimum Gasteiger partial charge on any atom is -0.469 e. The molecule has 0 saturated carbocycles. The van der Waals surface area contributed by atoms with Crippen molar-refractivity contribution in [3.8, 4) is 23.0 Å². The SMILES string of the molecule is COC(=O)CCC(=O)c1ccc(C#CCNC(=O)OCC2c3ccccc3-c3ccccc32)cc1. The first-order valence-corrected chi connectivity index (χ1v) is 11.3. The summed E-state index contributed by atoms with van der Waals surface area (Å²) in [6.07, 6.45) is -0.368. The number of ether oxygens (including phenoxy) is 2. The molecule has 1 aliphatic carbocycles. The van der Waals surface area contributed by atoms with Crippen LogP contribution in [-0.4, -0.2) is 38.1 Å². The molecular formula is C29H25NO5. The predicted octanol–water partition coefficient (Wildman–Crippen LogP) is 4.71. The van der Waals surface area contributed by atoms with Crippen molar-refractivity contribution in [3.05, 3.63) is 95.1 Å². The fraction of sp³-hybridized carbons (Fsp3) is 0.207. The Morgan fingerprint density at radius 2 is 1.49 bits per heavy atom. The van der Waals surface area contributed by atoms with Crippen LogP contribution in [0.15, 0.2) is 72.8 Å². The molecular weight excluding hydrogens is 442 g/mol. The van der Waals surface area contributed by atoms with Gasteiger partial charge in [0.1, 0.15) is 6.61 Å². The van der Waals surface area contributed by atoms with Crippen molar-refractivity contribution in [2.45, 2.75) is 18.8 Å². The van der Waals surface area contributed by atoms with Crippen LogP contribution in [0.4, 0.5) is 4.79 Å². The molecule has 3 aromatic rings. The van der Waals surface area contributed by atoms with E-state index in [9.17, 15) is 14.4 Å². The number of benzene rings is 3. The third kappa shape index (κ3) is 5.77. The van der Waals surface area contributed by atoms with Crippen LogP contribution in [0.1, 0.15) is 45.8 Å². The number of hydrogen-bond acceptors (Lipinski definition) is 5. The second-order valence-corrected chi connectivity index (χ2v) is 8.06. The van der Waals surface area contributed by atoms with Gasteiger partial charge in [0, 0.05) is 23.5 Å². The van der Waals surface area contributed by atoms with Gasteiger partial charge in [0.2, 0.25) is 0 Å². The van der Waals surface area contributed by atoms with Crippen LogP contribution < -0.4 is 5.32 Å². The molecule has 35 heavy (non-hydrogen) atoms. The van der Waals surface area contributed by atoms with E-state index in [0.29, 0.717) is 11.1 Å². The van der Waals surface area contributed by atoms with Gasteiger partial charge in [-0.1, -0.05) is 72.5 Å². The first kappa shape index (κ1) is 23.8. The molecule has 4 rings (SSSR count). The average molecular weight is 468 g/mol.